The van der Waals surface area contributed by atoms with E-state index in [4.69, 9.17) is 9.47 Å². The van der Waals surface area contributed by atoms with Crippen molar-refractivity contribution in [1.29, 1.82) is 0 Å². The van der Waals surface area contributed by atoms with Crippen LogP contribution in [0.15, 0.2) is 47.6 Å². The molecule has 35 heavy (non-hydrogen) atoms. The normalized spacial score (nSPS) is 10.9. The number of carbonyl (C=O) groups excluding carboxylic acids is 2. The lowest BCUT2D eigenvalue weighted by atomic mass is 10.1. The number of amides is 2. The summed E-state index contributed by atoms with van der Waals surface area (Å²) in [6, 6.07) is 11.3. The smallest absolute Gasteiger partial charge is 0.244 e. The molecule has 0 aliphatic rings. The van der Waals surface area contributed by atoms with E-state index in [0.29, 0.717) is 22.5 Å². The van der Waals surface area contributed by atoms with E-state index in [-0.39, 0.29) is 24.1 Å². The zero-order valence-corrected chi connectivity index (χ0v) is 21.2. The van der Waals surface area contributed by atoms with E-state index in [2.05, 4.69) is 20.8 Å². The van der Waals surface area contributed by atoms with Crippen LogP contribution < -0.4 is 20.1 Å². The summed E-state index contributed by atoms with van der Waals surface area (Å²) in [5, 5.41) is 14.6. The Balaban J connectivity index is 1.50. The SMILES string of the molecule is COc1ccc(C=CC(=O)NCc2nnc(SCC(=O)Nc3ccc(C)cc3C)n2C)cc1OC. The second kappa shape index (κ2) is 12.1. The first-order valence-electron chi connectivity index (χ1n) is 10.9. The van der Waals surface area contributed by atoms with Gasteiger partial charge >= 0.3 is 0 Å². The molecule has 0 unspecified atom stereocenters. The first-order valence-corrected chi connectivity index (χ1v) is 11.9. The van der Waals surface area contributed by atoms with E-state index in [0.717, 1.165) is 22.4 Å². The summed E-state index contributed by atoms with van der Waals surface area (Å²) in [6.45, 7) is 4.17. The first kappa shape index (κ1) is 25.8. The standard InChI is InChI=1S/C25H29N5O4S/c1-16-6-9-19(17(2)12-16)27-24(32)15-35-25-29-28-22(30(25)3)14-26-23(31)11-8-18-7-10-20(33-4)21(13-18)34-5/h6-13H,14-15H2,1-5H3,(H,26,31)(H,27,32). The minimum Gasteiger partial charge on any atom is -0.493 e. The predicted octanol–water partition coefficient (Wildman–Crippen LogP) is 3.51. The van der Waals surface area contributed by atoms with Crippen molar-refractivity contribution in [3.63, 3.8) is 0 Å². The third-order valence-corrected chi connectivity index (χ3v) is 6.19. The van der Waals surface area contributed by atoms with Gasteiger partial charge in [0.2, 0.25) is 11.8 Å². The number of hydrogen-bond acceptors (Lipinski definition) is 7. The zero-order valence-electron chi connectivity index (χ0n) is 20.4. The highest BCUT2D eigenvalue weighted by Gasteiger charge is 2.13. The minimum absolute atomic E-state index is 0.125. The molecule has 2 N–H and O–H groups in total. The van der Waals surface area contributed by atoms with Crippen molar-refractivity contribution >= 4 is 35.3 Å². The first-order chi connectivity index (χ1) is 16.8. The van der Waals surface area contributed by atoms with Gasteiger partial charge in [-0.05, 0) is 49.2 Å². The number of rotatable bonds is 10. The molecule has 0 bridgehead atoms. The minimum atomic E-state index is -0.273. The van der Waals surface area contributed by atoms with Crippen LogP contribution in [0.25, 0.3) is 6.08 Å². The van der Waals surface area contributed by atoms with Crippen LogP contribution in [0.3, 0.4) is 0 Å². The van der Waals surface area contributed by atoms with Crippen molar-refractivity contribution < 1.29 is 19.1 Å². The van der Waals surface area contributed by atoms with Gasteiger partial charge in [0.05, 0.1) is 26.5 Å². The summed E-state index contributed by atoms with van der Waals surface area (Å²) in [5.74, 6) is 1.58. The number of carbonyl (C=O) groups is 2. The maximum atomic E-state index is 12.4. The van der Waals surface area contributed by atoms with Crippen molar-refractivity contribution in [2.24, 2.45) is 7.05 Å². The average molecular weight is 496 g/mol. The number of nitrogens with zero attached hydrogens (tertiary/aromatic N) is 3. The molecule has 1 aromatic heterocycles. The number of benzene rings is 2. The van der Waals surface area contributed by atoms with E-state index in [1.165, 1.54) is 17.8 Å². The highest BCUT2D eigenvalue weighted by molar-refractivity contribution is 7.99. The topological polar surface area (TPSA) is 107 Å². The van der Waals surface area contributed by atoms with Gasteiger partial charge in [-0.1, -0.05) is 35.5 Å². The highest BCUT2D eigenvalue weighted by atomic mass is 32.2. The average Bonchev–Trinajstić information content (AvgIpc) is 3.20. The van der Waals surface area contributed by atoms with Gasteiger partial charge < -0.3 is 24.7 Å². The molecule has 0 aliphatic carbocycles. The zero-order chi connectivity index (χ0) is 25.4. The lowest BCUT2D eigenvalue weighted by Gasteiger charge is -2.09. The molecule has 3 aromatic rings. The molecule has 1 heterocycles. The van der Waals surface area contributed by atoms with Crippen molar-refractivity contribution in [1.82, 2.24) is 20.1 Å². The maximum Gasteiger partial charge on any atom is 0.244 e. The molecule has 0 fully saturated rings. The summed E-state index contributed by atoms with van der Waals surface area (Å²) in [4.78, 5) is 24.6. The molecule has 184 valence electrons. The van der Waals surface area contributed by atoms with Crippen LogP contribution in [0.4, 0.5) is 5.69 Å². The quantitative estimate of drug-likeness (QED) is 0.327. The molecule has 0 atom stereocenters. The monoisotopic (exact) mass is 495 g/mol. The van der Waals surface area contributed by atoms with Crippen LogP contribution >= 0.6 is 11.8 Å². The fraction of sp³-hybridized carbons (Fsp3) is 0.280. The lowest BCUT2D eigenvalue weighted by molar-refractivity contribution is -0.116. The van der Waals surface area contributed by atoms with Crippen LogP contribution in [0.2, 0.25) is 0 Å². The molecule has 2 aromatic carbocycles. The number of anilines is 1. The molecule has 9 nitrogen and oxygen atoms in total. The predicted molar refractivity (Wildman–Crippen MR) is 137 cm³/mol. The van der Waals surface area contributed by atoms with Gasteiger partial charge in [0.25, 0.3) is 0 Å². The van der Waals surface area contributed by atoms with E-state index in [1.54, 1.807) is 44.0 Å². The van der Waals surface area contributed by atoms with Crippen molar-refractivity contribution in [3.05, 3.63) is 65.0 Å². The number of aryl methyl sites for hydroxylation is 2. The van der Waals surface area contributed by atoms with Crippen LogP contribution in [0.5, 0.6) is 11.5 Å². The molecule has 0 spiro atoms. The summed E-state index contributed by atoms with van der Waals surface area (Å²) >= 11 is 1.28. The van der Waals surface area contributed by atoms with Crippen LogP contribution in [-0.2, 0) is 23.2 Å². The number of aromatic nitrogens is 3. The van der Waals surface area contributed by atoms with Crippen LogP contribution in [0.1, 0.15) is 22.5 Å². The number of thioether (sulfide) groups is 1. The summed E-state index contributed by atoms with van der Waals surface area (Å²) in [6.07, 6.45) is 3.12. The van der Waals surface area contributed by atoms with E-state index >= 15 is 0 Å². The molecule has 10 heteroatoms. The van der Waals surface area contributed by atoms with Gasteiger partial charge in [0.15, 0.2) is 22.5 Å². The van der Waals surface area contributed by atoms with Gasteiger partial charge in [0, 0.05) is 18.8 Å². The number of ether oxygens (including phenoxy) is 2. The van der Waals surface area contributed by atoms with Gasteiger partial charge in [-0.2, -0.15) is 0 Å². The van der Waals surface area contributed by atoms with E-state index in [9.17, 15) is 9.59 Å². The molecule has 0 aliphatic heterocycles. The number of hydrogen-bond donors (Lipinski definition) is 2. The Labute approximate surface area is 208 Å². The van der Waals surface area contributed by atoms with E-state index < -0.39 is 0 Å². The van der Waals surface area contributed by atoms with Gasteiger partial charge in [-0.25, -0.2) is 0 Å². The Bertz CT molecular complexity index is 1240. The highest BCUT2D eigenvalue weighted by Crippen LogP contribution is 2.28. The summed E-state index contributed by atoms with van der Waals surface area (Å²) in [7, 11) is 4.92. The second-order valence-corrected chi connectivity index (χ2v) is 8.72. The molecule has 0 saturated carbocycles. The van der Waals surface area contributed by atoms with Crippen molar-refractivity contribution in [2.45, 2.75) is 25.5 Å². The molecule has 3 rings (SSSR count). The second-order valence-electron chi connectivity index (χ2n) is 7.78. The molecular weight excluding hydrogens is 466 g/mol. The Morgan fingerprint density at radius 3 is 2.54 bits per heavy atom. The van der Waals surface area contributed by atoms with Gasteiger partial charge in [-0.3, -0.25) is 9.59 Å². The Hall–Kier alpha value is -3.79. The van der Waals surface area contributed by atoms with Crippen molar-refractivity contribution in [3.8, 4) is 11.5 Å². The fourth-order valence-electron chi connectivity index (χ4n) is 3.25. The van der Waals surface area contributed by atoms with Gasteiger partial charge in [-0.15, -0.1) is 10.2 Å². The summed E-state index contributed by atoms with van der Waals surface area (Å²) < 4.78 is 12.2. The largest absolute Gasteiger partial charge is 0.493 e. The summed E-state index contributed by atoms with van der Waals surface area (Å²) in [5.41, 5.74) is 3.75. The molecule has 0 saturated heterocycles. The molecule has 2 amide bonds. The third kappa shape index (κ3) is 7.10. The van der Waals surface area contributed by atoms with E-state index in [1.807, 2.05) is 38.1 Å². The van der Waals surface area contributed by atoms with Crippen molar-refractivity contribution in [2.75, 3.05) is 25.3 Å². The number of nitrogens with one attached hydrogen (secondary N) is 2. The Kier molecular flexibility index (Phi) is 8.91. The number of methoxy groups -OCH3 is 2. The Morgan fingerprint density at radius 1 is 1.06 bits per heavy atom. The molecule has 0 radical (unpaired) electrons. The fourth-order valence-corrected chi connectivity index (χ4v) is 3.98. The third-order valence-electron chi connectivity index (χ3n) is 5.17. The lowest BCUT2D eigenvalue weighted by Crippen LogP contribution is -2.22. The van der Waals surface area contributed by atoms with Crippen LogP contribution in [0, 0.1) is 13.8 Å². The molecular formula is C25H29N5O4S. The van der Waals surface area contributed by atoms with Crippen LogP contribution in [-0.4, -0.2) is 46.6 Å². The Morgan fingerprint density at radius 2 is 1.83 bits per heavy atom. The van der Waals surface area contributed by atoms with Gasteiger partial charge in [0.1, 0.15) is 0 Å². The maximum absolute atomic E-state index is 12.4.